The van der Waals surface area contributed by atoms with Gasteiger partial charge in [-0.25, -0.2) is 8.42 Å². The minimum Gasteiger partial charge on any atom is -0.497 e. The van der Waals surface area contributed by atoms with E-state index in [9.17, 15) is 18.0 Å². The van der Waals surface area contributed by atoms with Crippen LogP contribution in [0.3, 0.4) is 0 Å². The molecule has 0 fully saturated rings. The molecule has 9 nitrogen and oxygen atoms in total. The number of anilines is 1. The number of amides is 2. The van der Waals surface area contributed by atoms with Crippen molar-refractivity contribution < 1.29 is 27.5 Å². The standard InChI is InChI=1S/C31H39N3O6S/c1-6-23(3)32-31(36)24(4)33(21-25-12-11-13-28(20-25)39-5)30(35)22-34(26-16-18-27(19-17-26)40-7-2)41(37,38)29-14-9-8-10-15-29/h8-20,23-24H,6-7,21-22H2,1-5H3,(H,32,36). The maximum atomic E-state index is 14.0. The lowest BCUT2D eigenvalue weighted by atomic mass is 10.1. The van der Waals surface area contributed by atoms with Crippen LogP contribution >= 0.6 is 0 Å². The molecule has 0 aliphatic heterocycles. The molecule has 0 aliphatic carbocycles. The van der Waals surface area contributed by atoms with Gasteiger partial charge in [-0.1, -0.05) is 37.3 Å². The average molecular weight is 582 g/mol. The zero-order valence-electron chi connectivity index (χ0n) is 24.2. The highest BCUT2D eigenvalue weighted by molar-refractivity contribution is 7.92. The lowest BCUT2D eigenvalue weighted by molar-refractivity contribution is -0.139. The summed E-state index contributed by atoms with van der Waals surface area (Å²) in [6.45, 7) is 7.36. The number of ether oxygens (including phenoxy) is 2. The molecule has 0 aliphatic rings. The maximum Gasteiger partial charge on any atom is 0.264 e. The summed E-state index contributed by atoms with van der Waals surface area (Å²) in [5.41, 5.74) is 1.03. The van der Waals surface area contributed by atoms with Crippen molar-refractivity contribution in [2.75, 3.05) is 24.6 Å². The van der Waals surface area contributed by atoms with Gasteiger partial charge < -0.3 is 19.7 Å². The molecular formula is C31H39N3O6S. The predicted molar refractivity (Wildman–Crippen MR) is 159 cm³/mol. The molecule has 0 heterocycles. The second-order valence-electron chi connectivity index (χ2n) is 9.62. The lowest BCUT2D eigenvalue weighted by Crippen LogP contribution is -2.52. The summed E-state index contributed by atoms with van der Waals surface area (Å²) in [5.74, 6) is 0.325. The number of methoxy groups -OCH3 is 1. The second kappa shape index (κ2) is 14.5. The summed E-state index contributed by atoms with van der Waals surface area (Å²) in [6, 6.07) is 20.7. The number of nitrogens with one attached hydrogen (secondary N) is 1. The van der Waals surface area contributed by atoms with Crippen molar-refractivity contribution in [1.82, 2.24) is 10.2 Å². The fraction of sp³-hybridized carbons (Fsp3) is 0.355. The molecule has 0 spiro atoms. The first kappa shape index (κ1) is 31.5. The highest BCUT2D eigenvalue weighted by Gasteiger charge is 2.32. The van der Waals surface area contributed by atoms with Crippen molar-refractivity contribution in [2.45, 2.75) is 57.6 Å². The Kier molecular flexibility index (Phi) is 11.2. The third kappa shape index (κ3) is 8.23. The maximum absolute atomic E-state index is 14.0. The van der Waals surface area contributed by atoms with E-state index in [1.54, 1.807) is 74.7 Å². The number of nitrogens with zero attached hydrogens (tertiary/aromatic N) is 2. The third-order valence-electron chi connectivity index (χ3n) is 6.70. The van der Waals surface area contributed by atoms with E-state index in [-0.39, 0.29) is 23.4 Å². The molecule has 10 heteroatoms. The Morgan fingerprint density at radius 1 is 0.902 bits per heavy atom. The predicted octanol–water partition coefficient (Wildman–Crippen LogP) is 4.62. The highest BCUT2D eigenvalue weighted by atomic mass is 32.2. The highest BCUT2D eigenvalue weighted by Crippen LogP contribution is 2.27. The zero-order chi connectivity index (χ0) is 30.0. The largest absolute Gasteiger partial charge is 0.497 e. The number of hydrogen-bond acceptors (Lipinski definition) is 6. The Bertz CT molecular complexity index is 1400. The van der Waals surface area contributed by atoms with Gasteiger partial charge in [-0.2, -0.15) is 0 Å². The monoisotopic (exact) mass is 581 g/mol. The van der Waals surface area contributed by atoms with Crippen LogP contribution in [-0.4, -0.2) is 57.5 Å². The fourth-order valence-corrected chi connectivity index (χ4v) is 5.57. The van der Waals surface area contributed by atoms with Crippen LogP contribution in [0.1, 0.15) is 39.7 Å². The van der Waals surface area contributed by atoms with E-state index < -0.39 is 28.5 Å². The Morgan fingerprint density at radius 3 is 2.20 bits per heavy atom. The van der Waals surface area contributed by atoms with Gasteiger partial charge in [0.15, 0.2) is 0 Å². The number of benzene rings is 3. The molecule has 3 aromatic carbocycles. The van der Waals surface area contributed by atoms with Crippen molar-refractivity contribution in [1.29, 1.82) is 0 Å². The van der Waals surface area contributed by atoms with Gasteiger partial charge >= 0.3 is 0 Å². The first-order valence-corrected chi connectivity index (χ1v) is 15.1. The Morgan fingerprint density at radius 2 is 1.59 bits per heavy atom. The summed E-state index contributed by atoms with van der Waals surface area (Å²) in [5, 5.41) is 2.93. The van der Waals surface area contributed by atoms with E-state index in [1.165, 1.54) is 17.0 Å². The summed E-state index contributed by atoms with van der Waals surface area (Å²) >= 11 is 0. The van der Waals surface area contributed by atoms with Gasteiger partial charge in [0.25, 0.3) is 10.0 Å². The van der Waals surface area contributed by atoms with E-state index in [1.807, 2.05) is 26.8 Å². The molecule has 41 heavy (non-hydrogen) atoms. The fourth-order valence-electron chi connectivity index (χ4n) is 4.14. The molecule has 3 aromatic rings. The molecule has 2 atom stereocenters. The summed E-state index contributed by atoms with van der Waals surface area (Å²) < 4.78 is 39.6. The van der Waals surface area contributed by atoms with Gasteiger partial charge in [0.05, 0.1) is 24.3 Å². The zero-order valence-corrected chi connectivity index (χ0v) is 25.1. The minimum absolute atomic E-state index is 0.0450. The Labute approximate surface area is 243 Å². The first-order valence-electron chi connectivity index (χ1n) is 13.6. The van der Waals surface area contributed by atoms with Crippen LogP contribution in [-0.2, 0) is 26.2 Å². The Balaban J connectivity index is 2.02. The average Bonchev–Trinajstić information content (AvgIpc) is 2.99. The van der Waals surface area contributed by atoms with Gasteiger partial charge in [0.2, 0.25) is 11.8 Å². The van der Waals surface area contributed by atoms with E-state index in [0.717, 1.165) is 16.3 Å². The lowest BCUT2D eigenvalue weighted by Gasteiger charge is -2.32. The molecule has 0 aromatic heterocycles. The molecule has 0 saturated carbocycles. The molecule has 0 bridgehead atoms. The van der Waals surface area contributed by atoms with E-state index in [4.69, 9.17) is 9.47 Å². The molecule has 220 valence electrons. The SMILES string of the molecule is CCOc1ccc(N(CC(=O)N(Cc2cccc(OC)c2)C(C)C(=O)NC(C)CC)S(=O)(=O)c2ccccc2)cc1. The number of rotatable bonds is 14. The third-order valence-corrected chi connectivity index (χ3v) is 8.49. The van der Waals surface area contributed by atoms with Crippen molar-refractivity contribution in [3.63, 3.8) is 0 Å². The number of carbonyl (C=O) groups is 2. The molecule has 2 unspecified atom stereocenters. The van der Waals surface area contributed by atoms with Crippen LogP contribution in [0.4, 0.5) is 5.69 Å². The van der Waals surface area contributed by atoms with Crippen LogP contribution < -0.4 is 19.1 Å². The van der Waals surface area contributed by atoms with Gasteiger partial charge in [-0.3, -0.25) is 13.9 Å². The number of hydrogen-bond donors (Lipinski definition) is 1. The van der Waals surface area contributed by atoms with Crippen molar-refractivity contribution in [2.24, 2.45) is 0 Å². The van der Waals surface area contributed by atoms with Crippen molar-refractivity contribution in [3.05, 3.63) is 84.4 Å². The smallest absolute Gasteiger partial charge is 0.264 e. The topological polar surface area (TPSA) is 105 Å². The van der Waals surface area contributed by atoms with Gasteiger partial charge in [0.1, 0.15) is 24.1 Å². The van der Waals surface area contributed by atoms with Crippen molar-refractivity contribution in [3.8, 4) is 11.5 Å². The van der Waals surface area contributed by atoms with Crippen LogP contribution in [0.2, 0.25) is 0 Å². The summed E-state index contributed by atoms with van der Waals surface area (Å²) in [4.78, 5) is 28.6. The van der Waals surface area contributed by atoms with E-state index in [0.29, 0.717) is 23.8 Å². The van der Waals surface area contributed by atoms with E-state index in [2.05, 4.69) is 5.32 Å². The molecule has 0 radical (unpaired) electrons. The van der Waals surface area contributed by atoms with Gasteiger partial charge in [-0.15, -0.1) is 0 Å². The summed E-state index contributed by atoms with van der Waals surface area (Å²) in [6.07, 6.45) is 0.725. The normalized spacial score (nSPS) is 12.6. The molecule has 0 saturated heterocycles. The first-order chi connectivity index (χ1) is 19.6. The van der Waals surface area contributed by atoms with Crippen LogP contribution in [0, 0.1) is 0 Å². The molecular weight excluding hydrogens is 542 g/mol. The van der Waals surface area contributed by atoms with Crippen molar-refractivity contribution >= 4 is 27.5 Å². The van der Waals surface area contributed by atoms with Gasteiger partial charge in [0, 0.05) is 12.6 Å². The van der Waals surface area contributed by atoms with Crippen LogP contribution in [0.25, 0.3) is 0 Å². The molecule has 2 amide bonds. The summed E-state index contributed by atoms with van der Waals surface area (Å²) in [7, 11) is -2.59. The van der Waals surface area contributed by atoms with Crippen LogP contribution in [0.15, 0.2) is 83.8 Å². The second-order valence-corrected chi connectivity index (χ2v) is 11.5. The molecule has 1 N–H and O–H groups in total. The van der Waals surface area contributed by atoms with Crippen LogP contribution in [0.5, 0.6) is 11.5 Å². The number of carbonyl (C=O) groups excluding carboxylic acids is 2. The van der Waals surface area contributed by atoms with E-state index >= 15 is 0 Å². The quantitative estimate of drug-likeness (QED) is 0.298. The minimum atomic E-state index is -4.14. The molecule has 3 rings (SSSR count). The Hall–Kier alpha value is -4.05. The van der Waals surface area contributed by atoms with Gasteiger partial charge in [-0.05, 0) is 81.3 Å². The number of sulfonamides is 1.